The standard InChI is InChI=1S/C19H18N2O/c1-3-14-6-8-15(9-7-14)12-17-19(22)21-18(20-17)16-10-4-13(2)5-11-16/h4-12H,3H2,1-2H3,(H,20,21,22)/b17-12+. The van der Waals surface area contributed by atoms with Crippen LogP contribution in [0.25, 0.3) is 6.08 Å². The largest absolute Gasteiger partial charge is 0.305 e. The Kier molecular flexibility index (Phi) is 3.88. The van der Waals surface area contributed by atoms with Crippen molar-refractivity contribution in [2.75, 3.05) is 0 Å². The maximum absolute atomic E-state index is 12.1. The van der Waals surface area contributed by atoms with E-state index >= 15 is 0 Å². The number of carbonyl (C=O) groups is 1. The minimum Gasteiger partial charge on any atom is -0.305 e. The summed E-state index contributed by atoms with van der Waals surface area (Å²) in [7, 11) is 0. The predicted molar refractivity (Wildman–Crippen MR) is 89.7 cm³/mol. The molecule has 0 saturated carbocycles. The van der Waals surface area contributed by atoms with Crippen molar-refractivity contribution in [3.05, 3.63) is 76.5 Å². The van der Waals surface area contributed by atoms with Gasteiger partial charge in [0.1, 0.15) is 11.5 Å². The lowest BCUT2D eigenvalue weighted by Crippen LogP contribution is -2.24. The lowest BCUT2D eigenvalue weighted by atomic mass is 10.1. The number of amidine groups is 1. The smallest absolute Gasteiger partial charge is 0.275 e. The Balaban J connectivity index is 1.88. The lowest BCUT2D eigenvalue weighted by Gasteiger charge is -2.00. The summed E-state index contributed by atoms with van der Waals surface area (Å²) in [4.78, 5) is 16.5. The molecule has 1 amide bonds. The van der Waals surface area contributed by atoms with Crippen LogP contribution >= 0.6 is 0 Å². The molecular formula is C19H18N2O. The van der Waals surface area contributed by atoms with Crippen LogP contribution in [0.5, 0.6) is 0 Å². The van der Waals surface area contributed by atoms with Gasteiger partial charge in [0.05, 0.1) is 0 Å². The second kappa shape index (κ2) is 5.98. The summed E-state index contributed by atoms with van der Waals surface area (Å²) >= 11 is 0. The van der Waals surface area contributed by atoms with E-state index in [1.165, 1.54) is 11.1 Å². The van der Waals surface area contributed by atoms with Crippen molar-refractivity contribution in [3.63, 3.8) is 0 Å². The van der Waals surface area contributed by atoms with Crippen molar-refractivity contribution < 1.29 is 4.79 Å². The Morgan fingerprint density at radius 2 is 1.73 bits per heavy atom. The van der Waals surface area contributed by atoms with E-state index < -0.39 is 0 Å². The van der Waals surface area contributed by atoms with Gasteiger partial charge in [-0.2, -0.15) is 0 Å². The molecule has 0 aromatic heterocycles. The molecule has 22 heavy (non-hydrogen) atoms. The molecule has 3 nitrogen and oxygen atoms in total. The fourth-order valence-electron chi connectivity index (χ4n) is 2.32. The number of amides is 1. The van der Waals surface area contributed by atoms with Gasteiger partial charge in [-0.25, -0.2) is 4.99 Å². The van der Waals surface area contributed by atoms with Gasteiger partial charge in [0.25, 0.3) is 5.91 Å². The van der Waals surface area contributed by atoms with Crippen molar-refractivity contribution in [1.82, 2.24) is 5.32 Å². The molecule has 1 aliphatic rings. The molecular weight excluding hydrogens is 272 g/mol. The third kappa shape index (κ3) is 2.98. The Morgan fingerprint density at radius 3 is 2.36 bits per heavy atom. The van der Waals surface area contributed by atoms with E-state index in [9.17, 15) is 4.79 Å². The minimum atomic E-state index is -0.157. The first kappa shape index (κ1) is 14.3. The fourth-order valence-corrected chi connectivity index (χ4v) is 2.32. The first-order chi connectivity index (χ1) is 10.7. The summed E-state index contributed by atoms with van der Waals surface area (Å²) in [5.41, 5.74) is 4.81. The van der Waals surface area contributed by atoms with Gasteiger partial charge in [0, 0.05) is 5.56 Å². The summed E-state index contributed by atoms with van der Waals surface area (Å²) < 4.78 is 0. The molecule has 0 atom stereocenters. The van der Waals surface area contributed by atoms with E-state index in [0.717, 1.165) is 17.5 Å². The van der Waals surface area contributed by atoms with Gasteiger partial charge >= 0.3 is 0 Å². The van der Waals surface area contributed by atoms with Crippen molar-refractivity contribution in [2.24, 2.45) is 4.99 Å². The number of nitrogens with zero attached hydrogens (tertiary/aromatic N) is 1. The van der Waals surface area contributed by atoms with Crippen LogP contribution < -0.4 is 5.32 Å². The fraction of sp³-hybridized carbons (Fsp3) is 0.158. The van der Waals surface area contributed by atoms with Crippen LogP contribution in [0.1, 0.15) is 29.2 Å². The van der Waals surface area contributed by atoms with Gasteiger partial charge in [-0.1, -0.05) is 61.0 Å². The van der Waals surface area contributed by atoms with Gasteiger partial charge in [0.15, 0.2) is 0 Å². The first-order valence-corrected chi connectivity index (χ1v) is 7.43. The van der Waals surface area contributed by atoms with Crippen LogP contribution in [0.3, 0.4) is 0 Å². The SMILES string of the molecule is CCc1ccc(/C=C2/N=C(c3ccc(C)cc3)NC2=O)cc1. The molecule has 0 saturated heterocycles. The van der Waals surface area contributed by atoms with Crippen LogP contribution in [-0.4, -0.2) is 11.7 Å². The highest BCUT2D eigenvalue weighted by Crippen LogP contribution is 2.16. The molecule has 110 valence electrons. The van der Waals surface area contributed by atoms with Crippen molar-refractivity contribution in [2.45, 2.75) is 20.3 Å². The Hall–Kier alpha value is -2.68. The highest BCUT2D eigenvalue weighted by Gasteiger charge is 2.20. The second-order valence-electron chi connectivity index (χ2n) is 5.41. The summed E-state index contributed by atoms with van der Waals surface area (Å²) in [6.45, 7) is 4.15. The third-order valence-corrected chi connectivity index (χ3v) is 3.71. The molecule has 3 heteroatoms. The summed E-state index contributed by atoms with van der Waals surface area (Å²) in [6.07, 6.45) is 2.82. The molecule has 0 aliphatic carbocycles. The van der Waals surface area contributed by atoms with Crippen molar-refractivity contribution in [3.8, 4) is 0 Å². The average molecular weight is 290 g/mol. The van der Waals surface area contributed by atoms with Gasteiger partial charge in [-0.05, 0) is 30.5 Å². The molecule has 0 bridgehead atoms. The molecule has 0 fully saturated rings. The molecule has 1 N–H and O–H groups in total. The van der Waals surface area contributed by atoms with E-state index in [-0.39, 0.29) is 5.91 Å². The lowest BCUT2D eigenvalue weighted by molar-refractivity contribution is -0.115. The van der Waals surface area contributed by atoms with Crippen molar-refractivity contribution in [1.29, 1.82) is 0 Å². The molecule has 0 unspecified atom stereocenters. The monoisotopic (exact) mass is 290 g/mol. The first-order valence-electron chi connectivity index (χ1n) is 7.43. The number of nitrogens with one attached hydrogen (secondary N) is 1. The number of benzene rings is 2. The number of aliphatic imine (C=N–C) groups is 1. The summed E-state index contributed by atoms with van der Waals surface area (Å²) in [6, 6.07) is 16.1. The second-order valence-corrected chi connectivity index (χ2v) is 5.41. The van der Waals surface area contributed by atoms with E-state index in [1.807, 2.05) is 49.4 Å². The average Bonchev–Trinajstić information content (AvgIpc) is 2.90. The normalized spacial score (nSPS) is 15.8. The van der Waals surface area contributed by atoms with E-state index in [1.54, 1.807) is 0 Å². The number of carbonyl (C=O) groups excluding carboxylic acids is 1. The molecule has 1 aliphatic heterocycles. The molecule has 0 spiro atoms. The van der Waals surface area contributed by atoms with Gasteiger partial charge in [-0.3, -0.25) is 4.79 Å². The molecule has 2 aromatic rings. The summed E-state index contributed by atoms with van der Waals surface area (Å²) in [5, 5.41) is 2.83. The van der Waals surface area contributed by atoms with Crippen LogP contribution in [-0.2, 0) is 11.2 Å². The number of rotatable bonds is 3. The van der Waals surface area contributed by atoms with Gasteiger partial charge in [0.2, 0.25) is 0 Å². The van der Waals surface area contributed by atoms with Crippen LogP contribution in [0.15, 0.2) is 59.2 Å². The van der Waals surface area contributed by atoms with Crippen LogP contribution in [0.2, 0.25) is 0 Å². The minimum absolute atomic E-state index is 0.157. The van der Waals surface area contributed by atoms with Gasteiger partial charge in [-0.15, -0.1) is 0 Å². The van der Waals surface area contributed by atoms with Crippen LogP contribution in [0.4, 0.5) is 0 Å². The van der Waals surface area contributed by atoms with E-state index in [0.29, 0.717) is 11.5 Å². The molecule has 1 heterocycles. The highest BCUT2D eigenvalue weighted by atomic mass is 16.2. The highest BCUT2D eigenvalue weighted by molar-refractivity contribution is 6.19. The number of hydrogen-bond donors (Lipinski definition) is 1. The zero-order valence-electron chi connectivity index (χ0n) is 12.8. The maximum Gasteiger partial charge on any atom is 0.275 e. The third-order valence-electron chi connectivity index (χ3n) is 3.71. The zero-order valence-corrected chi connectivity index (χ0v) is 12.8. The zero-order chi connectivity index (χ0) is 15.5. The quantitative estimate of drug-likeness (QED) is 0.864. The predicted octanol–water partition coefficient (Wildman–Crippen LogP) is 3.47. The Bertz CT molecular complexity index is 753. The number of hydrogen-bond acceptors (Lipinski definition) is 2. The molecule has 2 aromatic carbocycles. The maximum atomic E-state index is 12.1. The Morgan fingerprint density at radius 1 is 1.05 bits per heavy atom. The number of aryl methyl sites for hydroxylation is 2. The topological polar surface area (TPSA) is 41.5 Å². The van der Waals surface area contributed by atoms with Crippen LogP contribution in [0, 0.1) is 6.92 Å². The van der Waals surface area contributed by atoms with E-state index in [2.05, 4.69) is 29.4 Å². The van der Waals surface area contributed by atoms with E-state index in [4.69, 9.17) is 0 Å². The Labute approximate surface area is 130 Å². The van der Waals surface area contributed by atoms with Gasteiger partial charge < -0.3 is 5.32 Å². The molecule has 0 radical (unpaired) electrons. The summed E-state index contributed by atoms with van der Waals surface area (Å²) in [5.74, 6) is 0.455. The van der Waals surface area contributed by atoms with Crippen molar-refractivity contribution >= 4 is 17.8 Å². The molecule has 3 rings (SSSR count).